The van der Waals surface area contributed by atoms with E-state index in [1.807, 2.05) is 44.4 Å². The molecule has 10 rings (SSSR count). The first-order valence-corrected chi connectivity index (χ1v) is 38.4. The molecule has 0 radical (unpaired) electrons. The third kappa shape index (κ3) is 20.1. The van der Waals surface area contributed by atoms with Crippen molar-refractivity contribution in [1.29, 1.82) is 0 Å². The number of benzene rings is 3. The van der Waals surface area contributed by atoms with Crippen LogP contribution < -0.4 is 30.9 Å². The lowest BCUT2D eigenvalue weighted by molar-refractivity contribution is -0.138. The van der Waals surface area contributed by atoms with Crippen LogP contribution in [0.15, 0.2) is 115 Å². The van der Waals surface area contributed by atoms with Gasteiger partial charge in [0.1, 0.15) is 29.5 Å². The lowest BCUT2D eigenvalue weighted by Crippen LogP contribution is -2.50. The lowest BCUT2D eigenvalue weighted by Gasteiger charge is -2.31. The van der Waals surface area contributed by atoms with Crippen molar-refractivity contribution >= 4 is 122 Å². The molecule has 5 atom stereocenters. The molecule has 2 unspecified atom stereocenters. The number of thioether (sulfide) groups is 2. The number of carbonyl (C=O) groups is 12. The van der Waals surface area contributed by atoms with E-state index in [2.05, 4.69) is 32.8 Å². The number of nitrogens with zero attached hydrogens (tertiary/aromatic N) is 8. The highest BCUT2D eigenvalue weighted by Crippen LogP contribution is 2.40. The first kappa shape index (κ1) is 81.1. The van der Waals surface area contributed by atoms with Gasteiger partial charge in [-0.05, 0) is 110 Å². The van der Waals surface area contributed by atoms with Crippen LogP contribution >= 0.6 is 23.5 Å². The number of fused-ring (bicyclic) bond motifs is 3. The van der Waals surface area contributed by atoms with E-state index in [1.54, 1.807) is 128 Å². The van der Waals surface area contributed by atoms with Gasteiger partial charge in [-0.15, -0.1) is 11.8 Å². The zero-order valence-corrected chi connectivity index (χ0v) is 64.1. The van der Waals surface area contributed by atoms with Gasteiger partial charge >= 0.3 is 6.09 Å². The fraction of sp³-hybridized carbons (Fsp3) is 0.423. The number of anilines is 3. The minimum absolute atomic E-state index is 0.00631. The Balaban J connectivity index is 0.651. The van der Waals surface area contributed by atoms with E-state index in [1.165, 1.54) is 33.5 Å². The number of aromatic nitrogens is 5. The number of aliphatic hydroxyl groups is 1. The van der Waals surface area contributed by atoms with Crippen molar-refractivity contribution in [3.05, 3.63) is 155 Å². The summed E-state index contributed by atoms with van der Waals surface area (Å²) in [6.07, 6.45) is 8.20. The Kier molecular flexibility index (Phi) is 27.2. The number of imide groups is 1. The predicted molar refractivity (Wildman–Crippen MR) is 408 cm³/mol. The molecule has 0 spiro atoms. The van der Waals surface area contributed by atoms with Crippen LogP contribution in [0, 0.1) is 18.8 Å². The van der Waals surface area contributed by atoms with Gasteiger partial charge in [0.25, 0.3) is 17.7 Å². The van der Waals surface area contributed by atoms with E-state index in [9.17, 15) is 62.6 Å². The number of rotatable bonds is 36. The molecular formula is C78H92N12O17S2. The molecule has 7 aromatic rings. The van der Waals surface area contributed by atoms with Gasteiger partial charge in [-0.2, -0.15) is 11.8 Å². The highest BCUT2D eigenvalue weighted by Gasteiger charge is 2.46. The normalized spacial score (nSPS) is 16.1. The fourth-order valence-electron chi connectivity index (χ4n) is 13.3. The maximum absolute atomic E-state index is 14.3. The molecule has 0 aliphatic carbocycles. The van der Waals surface area contributed by atoms with Crippen LogP contribution in [-0.2, 0) is 88.4 Å². The van der Waals surface area contributed by atoms with Gasteiger partial charge in [0.15, 0.2) is 23.7 Å². The molecule has 7 heterocycles. The number of nitrogens with one attached hydrogen (secondary N) is 4. The minimum atomic E-state index is -1.56. The maximum Gasteiger partial charge on any atom is 0.416 e. The van der Waals surface area contributed by atoms with E-state index in [0.717, 1.165) is 25.6 Å². The summed E-state index contributed by atoms with van der Waals surface area (Å²) in [5, 5.41) is 23.6. The molecule has 2 saturated heterocycles. The highest BCUT2D eigenvalue weighted by atomic mass is 32.2. The number of likely N-dealkylation sites (tertiary alicyclic amines) is 1. The smallest absolute Gasteiger partial charge is 0.416 e. The number of hydrogen-bond donors (Lipinski definition) is 5. The molecule has 578 valence electrons. The molecule has 109 heavy (non-hydrogen) atoms. The second-order valence-electron chi connectivity index (χ2n) is 27.7. The Morgan fingerprint density at radius 2 is 1.49 bits per heavy atom. The molecular weight excluding hydrogens is 1440 g/mol. The predicted octanol–water partition coefficient (Wildman–Crippen LogP) is 7.76. The van der Waals surface area contributed by atoms with E-state index < -0.39 is 59.2 Å². The van der Waals surface area contributed by atoms with Crippen molar-refractivity contribution in [2.45, 2.75) is 121 Å². The average molecular weight is 1530 g/mol. The number of Topliss-reactive ketones (excluding diaryl/α,β-unsaturated/α-hetero) is 3. The van der Waals surface area contributed by atoms with Crippen LogP contribution in [0.1, 0.15) is 130 Å². The van der Waals surface area contributed by atoms with Crippen molar-refractivity contribution in [3.8, 4) is 5.75 Å². The summed E-state index contributed by atoms with van der Waals surface area (Å²) in [5.74, 6) is -4.14. The van der Waals surface area contributed by atoms with Crippen LogP contribution in [0.5, 0.6) is 5.75 Å². The Bertz CT molecular complexity index is 4650. The number of aliphatic hydroxyl groups excluding tert-OH is 1. The van der Waals surface area contributed by atoms with Crippen LogP contribution in [0.25, 0.3) is 10.9 Å². The molecule has 29 nitrogen and oxygen atoms in total. The molecule has 3 aromatic carbocycles. The van der Waals surface area contributed by atoms with Crippen LogP contribution in [0.2, 0.25) is 0 Å². The van der Waals surface area contributed by atoms with Gasteiger partial charge in [0, 0.05) is 133 Å². The summed E-state index contributed by atoms with van der Waals surface area (Å²) >= 11 is 2.93. The highest BCUT2D eigenvalue weighted by molar-refractivity contribution is 8.00. The minimum Gasteiger partial charge on any atom is -0.493 e. The molecule has 5 N–H and O–H groups in total. The third-order valence-electron chi connectivity index (χ3n) is 19.3. The van der Waals surface area contributed by atoms with E-state index in [-0.39, 0.29) is 198 Å². The number of carbonyl (C=O) groups excluding carboxylic acids is 12. The van der Waals surface area contributed by atoms with Gasteiger partial charge < -0.3 is 63.9 Å². The molecule has 3 aliphatic rings. The Labute approximate surface area is 639 Å². The van der Waals surface area contributed by atoms with Crippen molar-refractivity contribution in [2.75, 3.05) is 80.7 Å². The Hall–Kier alpha value is -10.5. The molecule has 0 saturated carbocycles. The summed E-state index contributed by atoms with van der Waals surface area (Å²) in [4.78, 5) is 169. The van der Waals surface area contributed by atoms with Crippen molar-refractivity contribution < 1.29 is 81.6 Å². The topological polar surface area (TPSA) is 352 Å². The van der Waals surface area contributed by atoms with Crippen LogP contribution in [-0.4, -0.2) is 198 Å². The maximum atomic E-state index is 14.3. The molecule has 8 amide bonds. The zero-order chi connectivity index (χ0) is 78.5. The number of amides is 8. The van der Waals surface area contributed by atoms with E-state index in [0.29, 0.717) is 39.2 Å². The van der Waals surface area contributed by atoms with Crippen molar-refractivity contribution in [2.24, 2.45) is 33.0 Å². The molecule has 3 aliphatic heterocycles. The van der Waals surface area contributed by atoms with Gasteiger partial charge in [0.2, 0.25) is 35.3 Å². The Morgan fingerprint density at radius 1 is 0.752 bits per heavy atom. The van der Waals surface area contributed by atoms with Gasteiger partial charge in [-0.3, -0.25) is 62.2 Å². The second kappa shape index (κ2) is 36.6. The van der Waals surface area contributed by atoms with E-state index >= 15 is 0 Å². The van der Waals surface area contributed by atoms with Crippen molar-refractivity contribution in [3.63, 3.8) is 0 Å². The molecule has 4 aromatic heterocycles. The quantitative estimate of drug-likeness (QED) is 0.00823. The largest absolute Gasteiger partial charge is 0.493 e. The fourth-order valence-corrected chi connectivity index (χ4v) is 14.3. The molecule has 0 bridgehead atoms. The summed E-state index contributed by atoms with van der Waals surface area (Å²) < 4.78 is 29.4. The first-order valence-electron chi connectivity index (χ1n) is 35.9. The van der Waals surface area contributed by atoms with Crippen LogP contribution in [0.4, 0.5) is 22.0 Å². The average Bonchev–Trinajstić information content (AvgIpc) is 1.62. The SMILES string of the molecule is C=C1C[C@H]2C(O)N(C(=O)OCc3ccc(CC(=O)[C@H](C)NC(=O)[C@@H](CC(=O)CCOCCOCCNC(=O)CCN4C(=O)CC(SC)C4=O)C(C)C)cc3)c3cc(OCCCC(=O)Nc4cn(C)c(C(=O)Cc5cc(C(=O)Nc6cc(C(=O)n7ccc8cc(SC)ccc87)n(C)c6)n(C)c5)n4)c(C)cc3C(=O)N2C1. The summed E-state index contributed by atoms with van der Waals surface area (Å²) in [7, 11) is 5.03. The standard InChI is InChI=1S/C78H92N12O17S2/c1-45(2)56(37-54(91)21-26-104-28-29-105-27-22-79-68(94)20-24-88-70(96)39-66(109-10)77(88)102)72(97)80-48(5)63(92)33-49-13-15-50(16-14-49)44-107-78(103)90-59-38-65(47(4)31-57(59)74(99)89-40-46(3)30-62(89)76(90)101)106-25-11-12-69(95)82-67-43-86(8)71(83-67)64(93)34-51-32-60(84(6)41-51)73(98)81-53-36-61(85(7)42-53)75(100)87-23-19-52-35-55(108-9)17-18-58(52)87/h13-19,23,31-32,35-36,38,41-43,45,48,56,62,66,76,101H,3,11-12,20-22,24-30,33-34,37,39-40,44H2,1-2,4-10H3,(H,79,94)(H,80,97)(H,81,98)(H,82,95)/t48-,56-,62-,66?,76?/m0/s1. The lowest BCUT2D eigenvalue weighted by atomic mass is 9.88. The number of aryl methyl sites for hydroxylation is 4. The molecule has 2 fully saturated rings. The summed E-state index contributed by atoms with van der Waals surface area (Å²) in [5.41, 5.74) is 4.89. The van der Waals surface area contributed by atoms with E-state index in [4.69, 9.17) is 18.9 Å². The summed E-state index contributed by atoms with van der Waals surface area (Å²) in [6, 6.07) is 19.1. The Morgan fingerprint density at radius 3 is 2.21 bits per heavy atom. The number of hydrogen-bond acceptors (Lipinski definition) is 20. The van der Waals surface area contributed by atoms with Gasteiger partial charge in [-0.25, -0.2) is 14.7 Å². The van der Waals surface area contributed by atoms with Crippen molar-refractivity contribution in [1.82, 2.24) is 43.7 Å². The first-order chi connectivity index (χ1) is 52.1. The van der Waals surface area contributed by atoms with Gasteiger partial charge in [0.05, 0.1) is 72.8 Å². The van der Waals surface area contributed by atoms with Crippen LogP contribution in [0.3, 0.4) is 0 Å². The van der Waals surface area contributed by atoms with Gasteiger partial charge in [-0.1, -0.05) is 50.3 Å². The number of imidazole rings is 1. The third-order valence-corrected chi connectivity index (χ3v) is 21.0. The molecule has 31 heteroatoms. The second-order valence-corrected chi connectivity index (χ2v) is 29.6. The zero-order valence-electron chi connectivity index (χ0n) is 62.5. The number of ketones is 3. The summed E-state index contributed by atoms with van der Waals surface area (Å²) in [6.45, 7) is 11.9. The number of ether oxygens (including phenoxy) is 4. The monoisotopic (exact) mass is 1530 g/mol.